The molecule has 0 aliphatic rings. The first kappa shape index (κ1) is 23.2. The first-order chi connectivity index (χ1) is 15.2. The Kier molecular flexibility index (Phi) is 7.09. The molecule has 0 radical (unpaired) electrons. The van der Waals surface area contributed by atoms with Crippen molar-refractivity contribution < 1.29 is 17.9 Å². The number of hydrogen-bond acceptors (Lipinski definition) is 7. The van der Waals surface area contributed by atoms with Crippen molar-refractivity contribution in [2.45, 2.75) is 11.8 Å². The van der Waals surface area contributed by atoms with E-state index in [0.717, 1.165) is 11.3 Å². The molecule has 3 N–H and O–H groups in total. The number of nitrogens with one attached hydrogen (secondary N) is 3. The molecule has 3 rings (SSSR count). The number of rotatable bonds is 6. The quantitative estimate of drug-likeness (QED) is 0.348. The number of nitrogens with zero attached hydrogens (tertiary/aromatic N) is 1. The van der Waals surface area contributed by atoms with E-state index in [-0.39, 0.29) is 10.0 Å². The number of carbonyl (C=O) groups is 1. The molecule has 1 aromatic heterocycles. The number of thiocarbonyl (C=S) groups is 1. The van der Waals surface area contributed by atoms with Gasteiger partial charge >= 0.3 is 5.97 Å². The molecule has 164 valence electrons. The van der Waals surface area contributed by atoms with Crippen molar-refractivity contribution in [3.05, 3.63) is 70.6 Å². The number of sulfonamides is 1. The Bertz CT molecular complexity index is 1300. The summed E-state index contributed by atoms with van der Waals surface area (Å²) >= 11 is 6.36. The van der Waals surface area contributed by atoms with E-state index < -0.39 is 16.0 Å². The minimum Gasteiger partial charge on any atom is -0.465 e. The van der Waals surface area contributed by atoms with Crippen LogP contribution in [0, 0.1) is 18.3 Å². The molecule has 32 heavy (non-hydrogen) atoms. The molecule has 0 saturated heterocycles. The summed E-state index contributed by atoms with van der Waals surface area (Å²) in [6.07, 6.45) is 0. The van der Waals surface area contributed by atoms with E-state index in [4.69, 9.17) is 17.0 Å². The molecular formula is C21H18N4O4S3. The SMILES string of the molecule is COC(=O)c1sc(NC(=S)Nc2ccc(S(=O)(=O)Nc3ccccc3)cc2)c(C#N)c1C. The summed E-state index contributed by atoms with van der Waals surface area (Å²) in [5.41, 5.74) is 1.81. The minimum atomic E-state index is -3.73. The van der Waals surface area contributed by atoms with E-state index in [1.807, 2.05) is 0 Å². The van der Waals surface area contributed by atoms with E-state index >= 15 is 0 Å². The molecule has 0 unspecified atom stereocenters. The van der Waals surface area contributed by atoms with E-state index in [9.17, 15) is 18.5 Å². The molecule has 8 nitrogen and oxygen atoms in total. The predicted octanol–water partition coefficient (Wildman–Crippen LogP) is 4.32. The summed E-state index contributed by atoms with van der Waals surface area (Å²) in [5, 5.41) is 15.8. The number of carbonyl (C=O) groups excluding carboxylic acids is 1. The normalized spacial score (nSPS) is 10.7. The highest BCUT2D eigenvalue weighted by Crippen LogP contribution is 2.33. The lowest BCUT2D eigenvalue weighted by Crippen LogP contribution is -2.19. The van der Waals surface area contributed by atoms with Crippen molar-refractivity contribution in [1.82, 2.24) is 0 Å². The van der Waals surface area contributed by atoms with Gasteiger partial charge in [0, 0.05) is 11.4 Å². The number of para-hydroxylation sites is 1. The number of esters is 1. The Morgan fingerprint density at radius 2 is 1.72 bits per heavy atom. The predicted molar refractivity (Wildman–Crippen MR) is 129 cm³/mol. The van der Waals surface area contributed by atoms with Gasteiger partial charge in [-0.1, -0.05) is 18.2 Å². The van der Waals surface area contributed by atoms with Gasteiger partial charge in [0.05, 0.1) is 17.6 Å². The van der Waals surface area contributed by atoms with Crippen LogP contribution in [0.1, 0.15) is 20.8 Å². The van der Waals surface area contributed by atoms with Crippen LogP contribution in [0.3, 0.4) is 0 Å². The molecule has 0 saturated carbocycles. The van der Waals surface area contributed by atoms with Crippen molar-refractivity contribution in [3.8, 4) is 6.07 Å². The van der Waals surface area contributed by atoms with Gasteiger partial charge in [0.2, 0.25) is 0 Å². The molecule has 0 aliphatic carbocycles. The second kappa shape index (κ2) is 9.78. The third kappa shape index (κ3) is 5.23. The second-order valence-corrected chi connectivity index (χ2v) is 9.55. The molecule has 0 fully saturated rings. The second-order valence-electron chi connectivity index (χ2n) is 6.44. The van der Waals surface area contributed by atoms with Gasteiger partial charge in [-0.3, -0.25) is 4.72 Å². The van der Waals surface area contributed by atoms with Gasteiger partial charge in [-0.25, -0.2) is 13.2 Å². The zero-order valence-electron chi connectivity index (χ0n) is 17.0. The maximum absolute atomic E-state index is 12.5. The number of benzene rings is 2. The van der Waals surface area contributed by atoms with Crippen molar-refractivity contribution in [2.24, 2.45) is 0 Å². The summed E-state index contributed by atoms with van der Waals surface area (Å²) in [6, 6.07) is 16.7. The Morgan fingerprint density at radius 3 is 2.31 bits per heavy atom. The van der Waals surface area contributed by atoms with Crippen LogP contribution in [-0.4, -0.2) is 26.6 Å². The Morgan fingerprint density at radius 1 is 1.06 bits per heavy atom. The van der Waals surface area contributed by atoms with Crippen molar-refractivity contribution in [1.29, 1.82) is 5.26 Å². The molecule has 1 heterocycles. The Balaban J connectivity index is 1.70. The zero-order chi connectivity index (χ0) is 23.3. The lowest BCUT2D eigenvalue weighted by Gasteiger charge is -2.11. The van der Waals surface area contributed by atoms with Crippen LogP contribution < -0.4 is 15.4 Å². The maximum atomic E-state index is 12.5. The van der Waals surface area contributed by atoms with Gasteiger partial charge < -0.3 is 15.4 Å². The lowest BCUT2D eigenvalue weighted by molar-refractivity contribution is 0.0605. The van der Waals surface area contributed by atoms with Gasteiger partial charge in [0.15, 0.2) is 5.11 Å². The van der Waals surface area contributed by atoms with Gasteiger partial charge in [-0.05, 0) is 61.1 Å². The first-order valence-corrected chi connectivity index (χ1v) is 11.8. The summed E-state index contributed by atoms with van der Waals surface area (Å²) in [4.78, 5) is 12.3. The number of nitriles is 1. The van der Waals surface area contributed by atoms with Crippen molar-refractivity contribution in [2.75, 3.05) is 22.5 Å². The fraction of sp³-hybridized carbons (Fsp3) is 0.0952. The van der Waals surface area contributed by atoms with Gasteiger partial charge in [-0.15, -0.1) is 11.3 Å². The molecule has 0 amide bonds. The van der Waals surface area contributed by atoms with E-state index in [1.54, 1.807) is 49.4 Å². The Labute approximate surface area is 194 Å². The van der Waals surface area contributed by atoms with Gasteiger partial charge in [0.25, 0.3) is 10.0 Å². The lowest BCUT2D eigenvalue weighted by atomic mass is 10.2. The maximum Gasteiger partial charge on any atom is 0.348 e. The number of anilines is 3. The van der Waals surface area contributed by atoms with E-state index in [2.05, 4.69) is 21.4 Å². The highest BCUT2D eigenvalue weighted by Gasteiger charge is 2.21. The smallest absolute Gasteiger partial charge is 0.348 e. The number of hydrogen-bond donors (Lipinski definition) is 3. The molecule has 11 heteroatoms. The number of methoxy groups -OCH3 is 1. The van der Waals surface area contributed by atoms with E-state index in [0.29, 0.717) is 32.4 Å². The van der Waals surface area contributed by atoms with Crippen molar-refractivity contribution >= 4 is 61.0 Å². The van der Waals surface area contributed by atoms with Crippen LogP contribution in [-0.2, 0) is 14.8 Å². The standard InChI is InChI=1S/C21H18N4O4S3/c1-13-17(12-22)19(31-18(13)20(26)29-2)24-21(30)23-14-8-10-16(11-9-14)32(27,28)25-15-6-4-3-5-7-15/h3-11,25H,1-2H3,(H2,23,24,30). The van der Waals surface area contributed by atoms with Crippen LogP contribution in [0.2, 0.25) is 0 Å². The average molecular weight is 487 g/mol. The van der Waals surface area contributed by atoms with Gasteiger partial charge in [0.1, 0.15) is 15.9 Å². The average Bonchev–Trinajstić information content (AvgIpc) is 3.08. The molecule has 0 bridgehead atoms. The minimum absolute atomic E-state index is 0.0918. The van der Waals surface area contributed by atoms with Crippen LogP contribution in [0.25, 0.3) is 0 Å². The molecule has 0 spiro atoms. The Hall–Kier alpha value is -3.46. The molecule has 0 aliphatic heterocycles. The molecular weight excluding hydrogens is 468 g/mol. The molecule has 3 aromatic rings. The topological polar surface area (TPSA) is 120 Å². The fourth-order valence-electron chi connectivity index (χ4n) is 2.73. The largest absolute Gasteiger partial charge is 0.465 e. The van der Waals surface area contributed by atoms with Crippen LogP contribution in [0.4, 0.5) is 16.4 Å². The summed E-state index contributed by atoms with van der Waals surface area (Å²) in [5.74, 6) is -0.531. The number of thiophene rings is 1. The van der Waals surface area contributed by atoms with Crippen molar-refractivity contribution in [3.63, 3.8) is 0 Å². The summed E-state index contributed by atoms with van der Waals surface area (Å²) < 4.78 is 32.3. The molecule has 0 atom stereocenters. The van der Waals surface area contributed by atoms with E-state index in [1.165, 1.54) is 19.2 Å². The first-order valence-electron chi connectivity index (χ1n) is 9.13. The fourth-order valence-corrected chi connectivity index (χ4v) is 5.15. The summed E-state index contributed by atoms with van der Waals surface area (Å²) in [7, 11) is -2.46. The highest BCUT2D eigenvalue weighted by atomic mass is 32.2. The third-order valence-corrected chi connectivity index (χ3v) is 7.09. The zero-order valence-corrected chi connectivity index (χ0v) is 19.5. The van der Waals surface area contributed by atoms with Crippen LogP contribution in [0.15, 0.2) is 59.5 Å². The van der Waals surface area contributed by atoms with Gasteiger partial charge in [-0.2, -0.15) is 5.26 Å². The monoisotopic (exact) mass is 486 g/mol. The molecule has 2 aromatic carbocycles. The summed E-state index contributed by atoms with van der Waals surface area (Å²) in [6.45, 7) is 1.66. The number of ether oxygens (including phenoxy) is 1. The van der Waals surface area contributed by atoms with Crippen LogP contribution >= 0.6 is 23.6 Å². The highest BCUT2D eigenvalue weighted by molar-refractivity contribution is 7.92. The van der Waals surface area contributed by atoms with Crippen LogP contribution in [0.5, 0.6) is 0 Å². The third-order valence-electron chi connectivity index (χ3n) is 4.30.